The monoisotopic (exact) mass is 156 g/mol. The van der Waals surface area contributed by atoms with Gasteiger partial charge in [0, 0.05) is 6.42 Å². The van der Waals surface area contributed by atoms with Crippen LogP contribution in [-0.2, 0) is 9.53 Å². The van der Waals surface area contributed by atoms with E-state index in [9.17, 15) is 4.79 Å². The Morgan fingerprint density at radius 3 is 2.50 bits per heavy atom. The van der Waals surface area contributed by atoms with Crippen LogP contribution in [0.2, 0.25) is 0 Å². The van der Waals surface area contributed by atoms with E-state index >= 15 is 0 Å². The zero-order valence-corrected chi connectivity index (χ0v) is 8.27. The molecule has 0 aromatic rings. The van der Waals surface area contributed by atoms with Gasteiger partial charge in [0.25, 0.3) is 0 Å². The Bertz CT molecular complexity index is 91.5. The topological polar surface area (TPSA) is 26.3 Å². The Kier molecular flexibility index (Phi) is 11.9. The molecule has 0 unspecified atom stereocenters. The average molecular weight is 157 g/mol. The fourth-order valence-corrected chi connectivity index (χ4v) is 0.621. The van der Waals surface area contributed by atoms with E-state index in [1.807, 2.05) is 0 Å². The van der Waals surface area contributed by atoms with Crippen LogP contribution in [0.5, 0.6) is 0 Å². The van der Waals surface area contributed by atoms with Crippen LogP contribution in [0, 0.1) is 0 Å². The van der Waals surface area contributed by atoms with E-state index in [4.69, 9.17) is 0 Å². The van der Waals surface area contributed by atoms with Crippen molar-refractivity contribution < 1.29 is 12.4 Å². The summed E-state index contributed by atoms with van der Waals surface area (Å²) in [6.07, 6.45) is 3.81. The Hall–Kier alpha value is 0.236. The minimum atomic E-state index is -0.0940. The van der Waals surface area contributed by atoms with Gasteiger partial charge in [-0.15, -0.1) is 0 Å². The van der Waals surface area contributed by atoms with Crippen LogP contribution in [-0.4, -0.2) is 36.1 Å². The smallest absolute Gasteiger partial charge is 1.00 e. The Morgan fingerprint density at radius 1 is 1.50 bits per heavy atom. The molecule has 10 heavy (non-hydrogen) atoms. The summed E-state index contributed by atoms with van der Waals surface area (Å²) in [7, 11) is 1.42. The van der Waals surface area contributed by atoms with Gasteiger partial charge in [0.15, 0.2) is 0 Å². The molecule has 0 aliphatic heterocycles. The van der Waals surface area contributed by atoms with Gasteiger partial charge in [-0.05, 0) is 6.42 Å². The summed E-state index contributed by atoms with van der Waals surface area (Å²) >= 11 is 0. The molecule has 0 aliphatic carbocycles. The molecule has 58 valence electrons. The maximum atomic E-state index is 10.5. The van der Waals surface area contributed by atoms with Gasteiger partial charge in [-0.3, -0.25) is 4.79 Å². The molecule has 0 bridgehead atoms. The standard InChI is InChI=1S/C7H14O2.Mg.2H/c1-3-4-5-6-7(8)9-2;;;/h3-6H2,1-2H3;;;/q;+2;2*-1. The number of methoxy groups -OCH3 is 1. The fourth-order valence-electron chi connectivity index (χ4n) is 0.621. The van der Waals surface area contributed by atoms with Crippen LogP contribution < -0.4 is 0 Å². The fraction of sp³-hybridized carbons (Fsp3) is 0.857. The molecule has 0 amide bonds. The van der Waals surface area contributed by atoms with Crippen molar-refractivity contribution in [2.45, 2.75) is 32.6 Å². The summed E-state index contributed by atoms with van der Waals surface area (Å²) in [5.41, 5.74) is 0. The van der Waals surface area contributed by atoms with Crippen LogP contribution in [0.1, 0.15) is 35.5 Å². The molecule has 0 spiro atoms. The maximum Gasteiger partial charge on any atom is 2.00 e. The number of hydrogen-bond donors (Lipinski definition) is 0. The molecular formula is C7H16MgO2. The molecule has 3 heteroatoms. The third kappa shape index (κ3) is 8.24. The average Bonchev–Trinajstić information content (AvgIpc) is 1.89. The summed E-state index contributed by atoms with van der Waals surface area (Å²) in [5.74, 6) is -0.0940. The Labute approximate surface area is 81.4 Å². The first kappa shape index (κ1) is 12.9. The van der Waals surface area contributed by atoms with Crippen molar-refractivity contribution in [3.05, 3.63) is 0 Å². The maximum absolute atomic E-state index is 10.5. The van der Waals surface area contributed by atoms with Crippen molar-refractivity contribution in [2.75, 3.05) is 7.11 Å². The van der Waals surface area contributed by atoms with E-state index in [0.29, 0.717) is 6.42 Å². The van der Waals surface area contributed by atoms with Crippen molar-refractivity contribution in [3.63, 3.8) is 0 Å². The van der Waals surface area contributed by atoms with Crippen molar-refractivity contribution in [3.8, 4) is 0 Å². The predicted octanol–water partition coefficient (Wildman–Crippen LogP) is 1.58. The van der Waals surface area contributed by atoms with E-state index in [1.165, 1.54) is 7.11 Å². The number of carbonyl (C=O) groups excluding carboxylic acids is 1. The first-order valence-electron chi connectivity index (χ1n) is 3.38. The molecular weight excluding hydrogens is 140 g/mol. The van der Waals surface area contributed by atoms with Gasteiger partial charge in [-0.1, -0.05) is 19.8 Å². The molecule has 0 saturated carbocycles. The molecule has 0 saturated heterocycles. The van der Waals surface area contributed by atoms with E-state index in [-0.39, 0.29) is 31.9 Å². The minimum Gasteiger partial charge on any atom is -1.00 e. The predicted molar refractivity (Wildman–Crippen MR) is 44.1 cm³/mol. The first-order chi connectivity index (χ1) is 4.31. The second kappa shape index (κ2) is 9.24. The SMILES string of the molecule is CCCCCC(=O)OC.[H-].[H-].[Mg+2]. The van der Waals surface area contributed by atoms with Crippen LogP contribution in [0.25, 0.3) is 0 Å². The molecule has 0 N–H and O–H groups in total. The summed E-state index contributed by atoms with van der Waals surface area (Å²) in [4.78, 5) is 10.5. The molecule has 0 atom stereocenters. The Balaban J connectivity index is -0.000000107. The van der Waals surface area contributed by atoms with Gasteiger partial charge in [-0.2, -0.15) is 0 Å². The summed E-state index contributed by atoms with van der Waals surface area (Å²) in [6, 6.07) is 0. The van der Waals surface area contributed by atoms with Crippen molar-refractivity contribution in [1.29, 1.82) is 0 Å². The normalized spacial score (nSPS) is 8.20. The van der Waals surface area contributed by atoms with Crippen molar-refractivity contribution >= 4 is 29.0 Å². The van der Waals surface area contributed by atoms with E-state index < -0.39 is 0 Å². The third-order valence-electron chi connectivity index (χ3n) is 1.21. The van der Waals surface area contributed by atoms with Crippen LogP contribution in [0.3, 0.4) is 0 Å². The number of esters is 1. The van der Waals surface area contributed by atoms with E-state index in [0.717, 1.165) is 19.3 Å². The Morgan fingerprint density at radius 2 is 2.10 bits per heavy atom. The number of ether oxygens (including phenoxy) is 1. The number of hydrogen-bond acceptors (Lipinski definition) is 2. The quantitative estimate of drug-likeness (QED) is 0.351. The molecule has 0 heterocycles. The van der Waals surface area contributed by atoms with Crippen LogP contribution in [0.4, 0.5) is 0 Å². The zero-order valence-electron chi connectivity index (χ0n) is 8.85. The van der Waals surface area contributed by atoms with Crippen LogP contribution in [0.15, 0.2) is 0 Å². The van der Waals surface area contributed by atoms with E-state index in [2.05, 4.69) is 11.7 Å². The number of rotatable bonds is 4. The summed E-state index contributed by atoms with van der Waals surface area (Å²) in [6.45, 7) is 2.11. The van der Waals surface area contributed by atoms with Crippen LogP contribution >= 0.6 is 0 Å². The molecule has 0 aliphatic rings. The molecule has 0 aromatic carbocycles. The minimum absolute atomic E-state index is 0. The van der Waals surface area contributed by atoms with Gasteiger partial charge >= 0.3 is 29.0 Å². The number of unbranched alkanes of at least 4 members (excludes halogenated alkanes) is 2. The van der Waals surface area contributed by atoms with Gasteiger partial charge in [-0.25, -0.2) is 0 Å². The summed E-state index contributed by atoms with van der Waals surface area (Å²) < 4.78 is 4.46. The number of carbonyl (C=O) groups is 1. The van der Waals surface area contributed by atoms with Crippen molar-refractivity contribution in [2.24, 2.45) is 0 Å². The van der Waals surface area contributed by atoms with Gasteiger partial charge in [0.05, 0.1) is 7.11 Å². The first-order valence-corrected chi connectivity index (χ1v) is 3.38. The second-order valence-corrected chi connectivity index (χ2v) is 2.03. The van der Waals surface area contributed by atoms with Crippen molar-refractivity contribution in [1.82, 2.24) is 0 Å². The molecule has 0 radical (unpaired) electrons. The zero-order chi connectivity index (χ0) is 7.11. The third-order valence-corrected chi connectivity index (χ3v) is 1.21. The van der Waals surface area contributed by atoms with E-state index in [1.54, 1.807) is 0 Å². The van der Waals surface area contributed by atoms with Gasteiger partial charge in [0.2, 0.25) is 0 Å². The molecule has 0 fully saturated rings. The molecule has 0 aromatic heterocycles. The largest absolute Gasteiger partial charge is 2.00 e. The molecule has 0 rings (SSSR count). The van der Waals surface area contributed by atoms with Gasteiger partial charge < -0.3 is 7.59 Å². The second-order valence-electron chi connectivity index (χ2n) is 2.03. The van der Waals surface area contributed by atoms with Gasteiger partial charge in [0.1, 0.15) is 0 Å². The summed E-state index contributed by atoms with van der Waals surface area (Å²) in [5, 5.41) is 0. The molecule has 2 nitrogen and oxygen atoms in total.